The monoisotopic (exact) mass is 632 g/mol. The van der Waals surface area contributed by atoms with Gasteiger partial charge in [-0.15, -0.1) is 33.5 Å². The fraction of sp³-hybridized carbons (Fsp3) is 0.444. The van der Waals surface area contributed by atoms with Crippen LogP contribution in [0.25, 0.3) is 28.4 Å². The number of rotatable bonds is 6. The molecule has 2 aromatic heterocycles. The molecule has 0 fully saturated rings. The van der Waals surface area contributed by atoms with Crippen molar-refractivity contribution >= 4 is 52.7 Å². The summed E-state index contributed by atoms with van der Waals surface area (Å²) in [4.78, 5) is 35.7. The van der Waals surface area contributed by atoms with Gasteiger partial charge in [0.25, 0.3) is 0 Å². The Hall–Kier alpha value is -3.47. The molecule has 8 bridgehead atoms. The van der Waals surface area contributed by atoms with E-state index in [0.29, 0.717) is 34.0 Å². The van der Waals surface area contributed by atoms with Crippen LogP contribution in [0.3, 0.4) is 0 Å². The molecule has 9 nitrogen and oxygen atoms in total. The van der Waals surface area contributed by atoms with Crippen LogP contribution in [0.4, 0.5) is 0 Å². The molecule has 10 heteroatoms. The molecule has 0 radical (unpaired) electrons. The summed E-state index contributed by atoms with van der Waals surface area (Å²) in [5.74, 6) is -1.93. The fourth-order valence-corrected chi connectivity index (χ4v) is 7.38. The Morgan fingerprint density at radius 3 is 2.33 bits per heavy atom. The molecular formula is C36H40MgN4O5-2. The van der Waals surface area contributed by atoms with E-state index in [4.69, 9.17) is 30.1 Å². The molecular weight excluding hydrogens is 593 g/mol. The number of ether oxygens (including phenoxy) is 2. The third kappa shape index (κ3) is 5.28. The van der Waals surface area contributed by atoms with Gasteiger partial charge in [0.2, 0.25) is 0 Å². The number of nitrogens with zero attached hydrogens (tertiary/aromatic N) is 4. The topological polar surface area (TPSA) is 129 Å². The first-order valence-corrected chi connectivity index (χ1v) is 15.7. The first kappa shape index (κ1) is 33.9. The number of fused-ring (bicyclic) bond motifs is 8. The van der Waals surface area contributed by atoms with Crippen LogP contribution >= 0.6 is 0 Å². The van der Waals surface area contributed by atoms with E-state index in [1.807, 2.05) is 19.1 Å². The molecule has 4 atom stereocenters. The second-order valence-electron chi connectivity index (χ2n) is 12.3. The zero-order valence-corrected chi connectivity index (χ0v) is 29.4. The van der Waals surface area contributed by atoms with Gasteiger partial charge in [-0.25, -0.2) is 0 Å². The number of methoxy groups -OCH3 is 2. The summed E-state index contributed by atoms with van der Waals surface area (Å²) >= 11 is 0. The maximum Gasteiger partial charge on any atom is 2.00 e. The molecule has 0 aromatic carbocycles. The minimum atomic E-state index is -1.16. The van der Waals surface area contributed by atoms with Crippen molar-refractivity contribution in [2.45, 2.75) is 73.3 Å². The Balaban J connectivity index is 0.00000417. The molecule has 2 aromatic rings. The number of esters is 2. The summed E-state index contributed by atoms with van der Waals surface area (Å²) in [5.41, 5.74) is 11.1. The predicted molar refractivity (Wildman–Crippen MR) is 178 cm³/mol. The number of aliphatic hydroxyl groups is 1. The SMILES string of the molecule is CCc1c2[n-]c(c1C)/C=C1\[N-]C(=C(C)[C@H]1CC)/C=C1\[N-]C(=C(CCC(=O)OC)[C@@H]1C)C1=c3[n-]/c(c(C)c3[C@@H](O)[C@@H]1C(=O)OC)=C\2.[Mg+2]. The molecule has 6 rings (SSSR count). The van der Waals surface area contributed by atoms with Gasteiger partial charge in [-0.2, -0.15) is 11.4 Å². The van der Waals surface area contributed by atoms with Crippen molar-refractivity contribution in [3.05, 3.63) is 95.0 Å². The van der Waals surface area contributed by atoms with E-state index in [9.17, 15) is 14.7 Å². The molecule has 0 saturated carbocycles. The molecule has 3 aliphatic heterocycles. The van der Waals surface area contributed by atoms with Crippen molar-refractivity contribution < 1.29 is 24.2 Å². The van der Waals surface area contributed by atoms with Gasteiger partial charge in [0, 0.05) is 6.42 Å². The average Bonchev–Trinajstić information content (AvgIpc) is 3.76. The first-order valence-electron chi connectivity index (χ1n) is 15.7. The minimum absolute atomic E-state index is 0. The molecule has 5 heterocycles. The minimum Gasteiger partial charge on any atom is -0.661 e. The molecule has 1 aliphatic carbocycles. The second-order valence-corrected chi connectivity index (χ2v) is 12.3. The zero-order valence-electron chi connectivity index (χ0n) is 27.9. The molecule has 0 amide bonds. The van der Waals surface area contributed by atoms with Gasteiger partial charge in [-0.05, 0) is 57.4 Å². The van der Waals surface area contributed by atoms with Crippen LogP contribution < -0.4 is 20.7 Å². The van der Waals surface area contributed by atoms with Crippen molar-refractivity contribution in [2.75, 3.05) is 14.2 Å². The van der Waals surface area contributed by atoms with E-state index in [1.54, 1.807) is 0 Å². The summed E-state index contributed by atoms with van der Waals surface area (Å²) in [6, 6.07) is 0. The molecule has 238 valence electrons. The summed E-state index contributed by atoms with van der Waals surface area (Å²) in [6.45, 7) is 12.5. The van der Waals surface area contributed by atoms with Crippen LogP contribution in [0.5, 0.6) is 0 Å². The normalized spacial score (nSPS) is 25.9. The van der Waals surface area contributed by atoms with Gasteiger partial charge in [-0.3, -0.25) is 9.59 Å². The number of aliphatic hydroxyl groups excluding tert-OH is 1. The van der Waals surface area contributed by atoms with Gasteiger partial charge in [0.05, 0.1) is 20.3 Å². The first-order chi connectivity index (χ1) is 21.5. The Labute approximate surface area is 286 Å². The van der Waals surface area contributed by atoms with Gasteiger partial charge < -0.3 is 35.2 Å². The number of hydrogen-bond acceptors (Lipinski definition) is 5. The summed E-state index contributed by atoms with van der Waals surface area (Å²) in [5, 5.41) is 23.2. The maximum absolute atomic E-state index is 13.3. The molecule has 1 N–H and O–H groups in total. The quantitative estimate of drug-likeness (QED) is 0.370. The maximum atomic E-state index is 13.3. The van der Waals surface area contributed by atoms with Gasteiger partial charge >= 0.3 is 35.0 Å². The second kappa shape index (κ2) is 13.0. The van der Waals surface area contributed by atoms with Gasteiger partial charge in [0.15, 0.2) is 0 Å². The summed E-state index contributed by atoms with van der Waals surface area (Å²) in [6.07, 6.45) is 7.19. The van der Waals surface area contributed by atoms with Crippen LogP contribution in [0.1, 0.15) is 86.7 Å². The number of hydrogen-bond donors (Lipinski definition) is 1. The van der Waals surface area contributed by atoms with E-state index in [-0.39, 0.29) is 47.3 Å². The smallest absolute Gasteiger partial charge is 0.661 e. The summed E-state index contributed by atoms with van der Waals surface area (Å²) < 4.78 is 10.2. The number of carbonyl (C=O) groups excluding carboxylic acids is 2. The van der Waals surface area contributed by atoms with Crippen molar-refractivity contribution in [2.24, 2.45) is 17.8 Å². The number of carbonyl (C=O) groups is 2. The average molecular weight is 633 g/mol. The van der Waals surface area contributed by atoms with Crippen molar-refractivity contribution in [1.82, 2.24) is 9.97 Å². The summed E-state index contributed by atoms with van der Waals surface area (Å²) in [7, 11) is 2.69. The van der Waals surface area contributed by atoms with Crippen LogP contribution in [-0.2, 0) is 25.5 Å². The Morgan fingerprint density at radius 1 is 0.935 bits per heavy atom. The van der Waals surface area contributed by atoms with E-state index in [2.05, 4.69) is 40.7 Å². The van der Waals surface area contributed by atoms with Crippen LogP contribution in [0, 0.1) is 31.6 Å². The standard InChI is InChI=1S/C36H40N4O5.Mg/c1-9-20-16(3)23-13-25-18(5)22(11-12-29(41)44-7)33(39-25)31-32(36(43)45-8)35(42)30-19(6)26(40-34(30)31)15-28-21(10-2)17(4)24(38-28)14-27(20)37-23;/h13-15,18,20,32,35,42H,9-12H2,1-8H3;/q-4;+2/b25-13-,26-15-,27-14-;/t18-,20+,32+,35+;/m0./s1. The van der Waals surface area contributed by atoms with Gasteiger partial charge in [0.1, 0.15) is 5.92 Å². The van der Waals surface area contributed by atoms with E-state index >= 15 is 0 Å². The Morgan fingerprint density at radius 2 is 1.67 bits per heavy atom. The van der Waals surface area contributed by atoms with E-state index < -0.39 is 18.0 Å². The predicted octanol–water partition coefficient (Wildman–Crippen LogP) is 4.37. The van der Waals surface area contributed by atoms with Crippen molar-refractivity contribution in [1.29, 1.82) is 0 Å². The van der Waals surface area contributed by atoms with Crippen molar-refractivity contribution in [3.8, 4) is 0 Å². The van der Waals surface area contributed by atoms with E-state index in [1.165, 1.54) is 14.2 Å². The molecule has 0 unspecified atom stereocenters. The largest absolute Gasteiger partial charge is 2.00 e. The molecule has 4 aliphatic rings. The van der Waals surface area contributed by atoms with Crippen molar-refractivity contribution in [3.63, 3.8) is 0 Å². The molecule has 0 saturated heterocycles. The van der Waals surface area contributed by atoms with E-state index in [0.717, 1.165) is 69.2 Å². The zero-order chi connectivity index (χ0) is 32.3. The number of aromatic nitrogens is 2. The number of allylic oxidation sites excluding steroid dienone is 4. The Bertz CT molecular complexity index is 1870. The van der Waals surface area contributed by atoms with Crippen LogP contribution in [0.15, 0.2) is 40.0 Å². The van der Waals surface area contributed by atoms with Crippen LogP contribution in [0.2, 0.25) is 0 Å². The third-order valence-corrected chi connectivity index (χ3v) is 10.0. The fourth-order valence-electron chi connectivity index (χ4n) is 7.38. The third-order valence-electron chi connectivity index (χ3n) is 10.0. The molecule has 46 heavy (non-hydrogen) atoms. The van der Waals surface area contributed by atoms with Gasteiger partial charge in [-0.1, -0.05) is 72.4 Å². The molecule has 0 spiro atoms. The van der Waals surface area contributed by atoms with Crippen LogP contribution in [-0.4, -0.2) is 54.3 Å². The Kier molecular flexibility index (Phi) is 9.55.